The first-order chi connectivity index (χ1) is 12.8. The summed E-state index contributed by atoms with van der Waals surface area (Å²) >= 11 is 12.2. The zero-order valence-corrected chi connectivity index (χ0v) is 17.0. The van der Waals surface area contributed by atoms with Crippen molar-refractivity contribution < 1.29 is 4.79 Å². The van der Waals surface area contributed by atoms with Crippen LogP contribution in [0.4, 0.5) is 5.69 Å². The van der Waals surface area contributed by atoms with E-state index >= 15 is 0 Å². The number of nitrogens with zero attached hydrogens (tertiary/aromatic N) is 4. The van der Waals surface area contributed by atoms with Crippen molar-refractivity contribution >= 4 is 34.8 Å². The number of nitrogens with one attached hydrogen (secondary N) is 1. The summed E-state index contributed by atoms with van der Waals surface area (Å²) in [5.41, 5.74) is 4.37. The summed E-state index contributed by atoms with van der Waals surface area (Å²) in [6.07, 6.45) is 4.03. The van der Waals surface area contributed by atoms with Gasteiger partial charge in [-0.15, -0.1) is 0 Å². The average Bonchev–Trinajstić information content (AvgIpc) is 3.14. The van der Waals surface area contributed by atoms with Crippen molar-refractivity contribution in [3.8, 4) is 0 Å². The van der Waals surface area contributed by atoms with Crippen LogP contribution >= 0.6 is 23.2 Å². The molecule has 142 valence electrons. The molecular weight excluding hydrogens is 385 g/mol. The highest BCUT2D eigenvalue weighted by Crippen LogP contribution is 2.25. The predicted molar refractivity (Wildman–Crippen MR) is 107 cm³/mol. The molecule has 27 heavy (non-hydrogen) atoms. The van der Waals surface area contributed by atoms with Crippen molar-refractivity contribution in [1.29, 1.82) is 0 Å². The highest BCUT2D eigenvalue weighted by atomic mass is 35.5. The van der Waals surface area contributed by atoms with Crippen molar-refractivity contribution in [3.63, 3.8) is 0 Å². The number of amides is 1. The summed E-state index contributed by atoms with van der Waals surface area (Å²) in [5, 5.41) is 12.9. The van der Waals surface area contributed by atoms with Crippen molar-refractivity contribution in [1.82, 2.24) is 19.6 Å². The van der Waals surface area contributed by atoms with Gasteiger partial charge >= 0.3 is 0 Å². The van der Waals surface area contributed by atoms with Gasteiger partial charge in [0.1, 0.15) is 0 Å². The van der Waals surface area contributed by atoms with E-state index in [-0.39, 0.29) is 5.91 Å². The van der Waals surface area contributed by atoms with Crippen LogP contribution < -0.4 is 5.32 Å². The number of carbonyl (C=O) groups is 1. The van der Waals surface area contributed by atoms with E-state index in [1.807, 2.05) is 37.7 Å². The summed E-state index contributed by atoms with van der Waals surface area (Å²) in [4.78, 5) is 12.3. The van der Waals surface area contributed by atoms with Crippen LogP contribution in [0.1, 0.15) is 28.9 Å². The van der Waals surface area contributed by atoms with E-state index in [2.05, 4.69) is 15.5 Å². The normalized spacial score (nSPS) is 11.0. The molecule has 6 nitrogen and oxygen atoms in total. The zero-order chi connectivity index (χ0) is 19.6. The summed E-state index contributed by atoms with van der Waals surface area (Å²) in [6.45, 7) is 6.81. The minimum atomic E-state index is -0.0709. The van der Waals surface area contributed by atoms with E-state index in [1.165, 1.54) is 0 Å². The van der Waals surface area contributed by atoms with E-state index in [0.717, 1.165) is 28.2 Å². The third-order valence-corrected chi connectivity index (χ3v) is 4.90. The standard InChI is InChI=1S/C19H21Cl2N5O/c1-12-9-22-25(10-12)7-6-18(27)23-19-13(2)24-26(14(19)3)11-15-4-5-16(20)8-17(15)21/h4-5,8-10H,6-7,11H2,1-3H3,(H,23,27). The number of aryl methyl sites for hydroxylation is 3. The lowest BCUT2D eigenvalue weighted by molar-refractivity contribution is -0.116. The lowest BCUT2D eigenvalue weighted by Crippen LogP contribution is -2.16. The fraction of sp³-hybridized carbons (Fsp3) is 0.316. The third kappa shape index (κ3) is 4.70. The van der Waals surface area contributed by atoms with E-state index in [0.29, 0.717) is 29.6 Å². The van der Waals surface area contributed by atoms with Gasteiger partial charge in [-0.25, -0.2) is 0 Å². The molecule has 8 heteroatoms. The quantitative estimate of drug-likeness (QED) is 0.661. The molecule has 0 saturated carbocycles. The minimum absolute atomic E-state index is 0.0709. The van der Waals surface area contributed by atoms with Crippen LogP contribution in [0.5, 0.6) is 0 Å². The Morgan fingerprint density at radius 1 is 1.22 bits per heavy atom. The van der Waals surface area contributed by atoms with Crippen LogP contribution in [-0.2, 0) is 17.9 Å². The highest BCUT2D eigenvalue weighted by molar-refractivity contribution is 6.35. The highest BCUT2D eigenvalue weighted by Gasteiger charge is 2.15. The van der Waals surface area contributed by atoms with Gasteiger partial charge in [0, 0.05) is 29.2 Å². The molecule has 3 rings (SSSR count). The number of carbonyl (C=O) groups excluding carboxylic acids is 1. The van der Waals surface area contributed by atoms with Crippen molar-refractivity contribution in [2.75, 3.05) is 5.32 Å². The molecule has 0 fully saturated rings. The van der Waals surface area contributed by atoms with Gasteiger partial charge in [-0.3, -0.25) is 14.2 Å². The Morgan fingerprint density at radius 2 is 2.00 bits per heavy atom. The first-order valence-electron chi connectivity index (χ1n) is 8.60. The summed E-state index contributed by atoms with van der Waals surface area (Å²) in [7, 11) is 0. The van der Waals surface area contributed by atoms with Crippen LogP contribution in [-0.4, -0.2) is 25.5 Å². The summed E-state index contributed by atoms with van der Waals surface area (Å²) < 4.78 is 3.59. The second-order valence-corrected chi connectivity index (χ2v) is 7.36. The molecule has 0 aliphatic rings. The molecular formula is C19H21Cl2N5O. The Kier molecular flexibility index (Phi) is 5.87. The predicted octanol–water partition coefficient (Wildman–Crippen LogP) is 4.39. The molecule has 0 bridgehead atoms. The number of halogens is 2. The average molecular weight is 406 g/mol. The van der Waals surface area contributed by atoms with Gasteiger partial charge in [0.2, 0.25) is 5.91 Å². The molecule has 0 radical (unpaired) electrons. The number of anilines is 1. The van der Waals surface area contributed by atoms with Crippen LogP contribution in [0.25, 0.3) is 0 Å². The molecule has 2 heterocycles. The Labute approximate surface area is 168 Å². The maximum absolute atomic E-state index is 12.3. The van der Waals surface area contributed by atoms with Gasteiger partial charge in [0.15, 0.2) is 0 Å². The van der Waals surface area contributed by atoms with Crippen LogP contribution in [0, 0.1) is 20.8 Å². The smallest absolute Gasteiger partial charge is 0.226 e. The van der Waals surface area contributed by atoms with Gasteiger partial charge in [-0.1, -0.05) is 29.3 Å². The van der Waals surface area contributed by atoms with Crippen molar-refractivity contribution in [2.45, 2.75) is 40.3 Å². The number of rotatable bonds is 6. The number of hydrogen-bond acceptors (Lipinski definition) is 3. The molecule has 3 aromatic rings. The zero-order valence-electron chi connectivity index (χ0n) is 15.5. The Bertz CT molecular complexity index is 977. The van der Waals surface area contributed by atoms with Gasteiger partial charge in [0.25, 0.3) is 0 Å². The van der Waals surface area contributed by atoms with Gasteiger partial charge in [0.05, 0.1) is 29.8 Å². The Hall–Kier alpha value is -2.31. The van der Waals surface area contributed by atoms with E-state index in [4.69, 9.17) is 23.2 Å². The maximum atomic E-state index is 12.3. The molecule has 0 aliphatic carbocycles. The number of benzene rings is 1. The SMILES string of the molecule is Cc1cnn(CCC(=O)Nc2c(C)nn(Cc3ccc(Cl)cc3Cl)c2C)c1. The maximum Gasteiger partial charge on any atom is 0.226 e. The molecule has 1 N–H and O–H groups in total. The second kappa shape index (κ2) is 8.15. The fourth-order valence-corrected chi connectivity index (χ4v) is 3.32. The minimum Gasteiger partial charge on any atom is -0.323 e. The summed E-state index contributed by atoms with van der Waals surface area (Å²) in [5.74, 6) is -0.0709. The first-order valence-corrected chi connectivity index (χ1v) is 9.36. The molecule has 0 spiro atoms. The molecule has 0 unspecified atom stereocenters. The molecule has 0 aliphatic heterocycles. The van der Waals surface area contributed by atoms with Crippen LogP contribution in [0.15, 0.2) is 30.6 Å². The molecule has 0 atom stereocenters. The Balaban J connectivity index is 1.68. The molecule has 1 aromatic carbocycles. The summed E-state index contributed by atoms with van der Waals surface area (Å²) in [6, 6.07) is 5.39. The van der Waals surface area contributed by atoms with Gasteiger partial charge < -0.3 is 5.32 Å². The van der Waals surface area contributed by atoms with Gasteiger partial charge in [-0.2, -0.15) is 10.2 Å². The van der Waals surface area contributed by atoms with Crippen molar-refractivity contribution in [3.05, 3.63) is 63.2 Å². The monoisotopic (exact) mass is 405 g/mol. The Morgan fingerprint density at radius 3 is 2.67 bits per heavy atom. The van der Waals surface area contributed by atoms with Crippen molar-refractivity contribution in [2.24, 2.45) is 0 Å². The largest absolute Gasteiger partial charge is 0.323 e. The van der Waals surface area contributed by atoms with Crippen LogP contribution in [0.2, 0.25) is 10.0 Å². The van der Waals surface area contributed by atoms with E-state index in [9.17, 15) is 4.79 Å². The number of hydrogen-bond donors (Lipinski definition) is 1. The topological polar surface area (TPSA) is 64.7 Å². The molecule has 0 saturated heterocycles. The lowest BCUT2D eigenvalue weighted by Gasteiger charge is -2.09. The third-order valence-electron chi connectivity index (χ3n) is 4.31. The molecule has 2 aromatic heterocycles. The second-order valence-electron chi connectivity index (χ2n) is 6.52. The number of aromatic nitrogens is 4. The molecule has 1 amide bonds. The van der Waals surface area contributed by atoms with Crippen LogP contribution in [0.3, 0.4) is 0 Å². The first kappa shape index (κ1) is 19.5. The van der Waals surface area contributed by atoms with E-state index in [1.54, 1.807) is 23.0 Å². The fourth-order valence-electron chi connectivity index (χ4n) is 2.85. The lowest BCUT2D eigenvalue weighted by atomic mass is 10.2. The van der Waals surface area contributed by atoms with Gasteiger partial charge in [-0.05, 0) is 44.0 Å². The van der Waals surface area contributed by atoms with E-state index < -0.39 is 0 Å².